The van der Waals surface area contributed by atoms with E-state index in [0.717, 1.165) is 6.07 Å². The Labute approximate surface area is 115 Å². The third kappa shape index (κ3) is 2.94. The van der Waals surface area contributed by atoms with E-state index in [1.54, 1.807) is 0 Å². The molecule has 18 heavy (non-hydrogen) atoms. The van der Waals surface area contributed by atoms with E-state index >= 15 is 0 Å². The molecule has 2 rings (SSSR count). The Bertz CT molecular complexity index is 566. The maximum atomic E-state index is 13.4. The van der Waals surface area contributed by atoms with Crippen LogP contribution in [-0.2, 0) is 5.88 Å². The summed E-state index contributed by atoms with van der Waals surface area (Å²) in [5.74, 6) is -2.14. The fourth-order valence-corrected chi connectivity index (χ4v) is 1.72. The van der Waals surface area contributed by atoms with Crippen molar-refractivity contribution in [2.24, 2.45) is 0 Å². The van der Waals surface area contributed by atoms with Gasteiger partial charge in [-0.3, -0.25) is 0 Å². The van der Waals surface area contributed by atoms with Crippen LogP contribution in [-0.4, -0.2) is 9.97 Å². The molecule has 0 spiro atoms. The largest absolute Gasteiger partial charge is 0.421 e. The van der Waals surface area contributed by atoms with Crippen molar-refractivity contribution in [3.05, 3.63) is 46.2 Å². The lowest BCUT2D eigenvalue weighted by molar-refractivity contribution is 0.392. The summed E-state index contributed by atoms with van der Waals surface area (Å²) >= 11 is 8.61. The van der Waals surface area contributed by atoms with E-state index in [-0.39, 0.29) is 17.6 Å². The minimum Gasteiger partial charge on any atom is -0.421 e. The van der Waals surface area contributed by atoms with Gasteiger partial charge in [0.2, 0.25) is 5.82 Å². The average molecular weight is 336 g/mol. The summed E-state index contributed by atoms with van der Waals surface area (Å²) in [6.45, 7) is 0. The van der Waals surface area contributed by atoms with Gasteiger partial charge in [0.25, 0.3) is 0 Å². The second kappa shape index (κ2) is 5.58. The minimum atomic E-state index is -1.09. The van der Waals surface area contributed by atoms with Gasteiger partial charge in [-0.1, -0.05) is 15.9 Å². The summed E-state index contributed by atoms with van der Waals surface area (Å²) in [4.78, 5) is 7.65. The number of benzene rings is 1. The van der Waals surface area contributed by atoms with Crippen LogP contribution in [0.15, 0.2) is 29.0 Å². The number of ether oxygens (including phenoxy) is 1. The molecule has 0 radical (unpaired) electrons. The van der Waals surface area contributed by atoms with Crippen LogP contribution in [0, 0.1) is 11.6 Å². The van der Waals surface area contributed by atoms with Crippen LogP contribution in [0.2, 0.25) is 0 Å². The Morgan fingerprint density at radius 2 is 1.89 bits per heavy atom. The maximum Gasteiger partial charge on any atom is 0.321 e. The van der Waals surface area contributed by atoms with E-state index in [1.807, 2.05) is 0 Å². The van der Waals surface area contributed by atoms with Crippen molar-refractivity contribution in [1.29, 1.82) is 0 Å². The normalized spacial score (nSPS) is 10.4. The molecule has 0 unspecified atom stereocenters. The van der Waals surface area contributed by atoms with Crippen molar-refractivity contribution < 1.29 is 13.5 Å². The zero-order valence-electron chi connectivity index (χ0n) is 8.83. The molecule has 0 aliphatic carbocycles. The van der Waals surface area contributed by atoms with Crippen LogP contribution in [0.1, 0.15) is 5.56 Å². The van der Waals surface area contributed by atoms with Gasteiger partial charge in [0.05, 0.1) is 5.88 Å². The molecule has 2 aromatic rings. The van der Waals surface area contributed by atoms with Crippen molar-refractivity contribution in [1.82, 2.24) is 9.97 Å². The van der Waals surface area contributed by atoms with Crippen LogP contribution in [0.4, 0.5) is 8.78 Å². The Hall–Kier alpha value is -1.27. The standard InChI is InChI=1S/C11H6BrClF2N2O/c12-7-1-8(14)10(15)9(2-7)18-11-16-4-6(3-13)5-17-11/h1-2,4-5H,3H2. The number of hydrogen-bond donors (Lipinski definition) is 0. The summed E-state index contributed by atoms with van der Waals surface area (Å²) in [6, 6.07) is 2.21. The molecule has 0 N–H and O–H groups in total. The van der Waals surface area contributed by atoms with E-state index in [4.69, 9.17) is 16.3 Å². The average Bonchev–Trinajstić information content (AvgIpc) is 2.36. The molecule has 0 atom stereocenters. The van der Waals surface area contributed by atoms with Crippen molar-refractivity contribution in [3.63, 3.8) is 0 Å². The Kier molecular flexibility index (Phi) is 4.08. The molecule has 0 aliphatic heterocycles. The van der Waals surface area contributed by atoms with Gasteiger partial charge in [-0.25, -0.2) is 14.4 Å². The Balaban J connectivity index is 2.27. The highest BCUT2D eigenvalue weighted by molar-refractivity contribution is 9.10. The number of rotatable bonds is 3. The van der Waals surface area contributed by atoms with Gasteiger partial charge in [0.15, 0.2) is 11.6 Å². The van der Waals surface area contributed by atoms with Gasteiger partial charge >= 0.3 is 6.01 Å². The van der Waals surface area contributed by atoms with Crippen molar-refractivity contribution in [2.75, 3.05) is 0 Å². The molecule has 1 heterocycles. The fraction of sp³-hybridized carbons (Fsp3) is 0.0909. The van der Waals surface area contributed by atoms with Crippen LogP contribution in [0.5, 0.6) is 11.8 Å². The second-order valence-electron chi connectivity index (χ2n) is 3.31. The smallest absolute Gasteiger partial charge is 0.321 e. The first kappa shape index (κ1) is 13.2. The number of aromatic nitrogens is 2. The number of halogens is 4. The first-order chi connectivity index (χ1) is 8.60. The van der Waals surface area contributed by atoms with Gasteiger partial charge in [-0.2, -0.15) is 4.39 Å². The predicted octanol–water partition coefficient (Wildman–Crippen LogP) is 4.05. The maximum absolute atomic E-state index is 13.4. The molecule has 3 nitrogen and oxygen atoms in total. The van der Waals surface area contributed by atoms with Crippen LogP contribution >= 0.6 is 27.5 Å². The molecule has 94 valence electrons. The topological polar surface area (TPSA) is 35.0 Å². The number of hydrogen-bond acceptors (Lipinski definition) is 3. The van der Waals surface area contributed by atoms with E-state index in [0.29, 0.717) is 10.0 Å². The monoisotopic (exact) mass is 334 g/mol. The number of alkyl halides is 1. The second-order valence-corrected chi connectivity index (χ2v) is 4.49. The van der Waals surface area contributed by atoms with Crippen molar-refractivity contribution in [2.45, 2.75) is 5.88 Å². The highest BCUT2D eigenvalue weighted by Crippen LogP contribution is 2.28. The van der Waals surface area contributed by atoms with E-state index in [9.17, 15) is 8.78 Å². The molecule has 1 aromatic carbocycles. The number of nitrogens with zero attached hydrogens (tertiary/aromatic N) is 2. The van der Waals surface area contributed by atoms with Crippen LogP contribution in [0.25, 0.3) is 0 Å². The highest BCUT2D eigenvalue weighted by atomic mass is 79.9. The third-order valence-corrected chi connectivity index (χ3v) is 2.76. The molecule has 0 saturated carbocycles. The van der Waals surface area contributed by atoms with Crippen LogP contribution in [0.3, 0.4) is 0 Å². The fourth-order valence-electron chi connectivity index (χ4n) is 1.17. The quantitative estimate of drug-likeness (QED) is 0.627. The summed E-state index contributed by atoms with van der Waals surface area (Å²) in [5, 5.41) is 0. The van der Waals surface area contributed by atoms with Gasteiger partial charge in [0.1, 0.15) is 0 Å². The minimum absolute atomic E-state index is 0.0831. The predicted molar refractivity (Wildman–Crippen MR) is 65.7 cm³/mol. The molecule has 1 aromatic heterocycles. The van der Waals surface area contributed by atoms with Gasteiger partial charge in [-0.15, -0.1) is 11.6 Å². The van der Waals surface area contributed by atoms with E-state index in [2.05, 4.69) is 25.9 Å². The van der Waals surface area contributed by atoms with E-state index in [1.165, 1.54) is 18.5 Å². The Morgan fingerprint density at radius 1 is 1.22 bits per heavy atom. The summed E-state index contributed by atoms with van der Waals surface area (Å²) in [7, 11) is 0. The zero-order valence-corrected chi connectivity index (χ0v) is 11.2. The lowest BCUT2D eigenvalue weighted by atomic mass is 10.3. The zero-order chi connectivity index (χ0) is 13.1. The first-order valence-corrected chi connectivity index (χ1v) is 6.12. The van der Waals surface area contributed by atoms with Crippen LogP contribution < -0.4 is 4.74 Å². The van der Waals surface area contributed by atoms with Crippen molar-refractivity contribution >= 4 is 27.5 Å². The molecular formula is C11H6BrClF2N2O. The lowest BCUT2D eigenvalue weighted by Crippen LogP contribution is -1.96. The highest BCUT2D eigenvalue weighted by Gasteiger charge is 2.13. The molecule has 7 heteroatoms. The van der Waals surface area contributed by atoms with E-state index < -0.39 is 11.6 Å². The van der Waals surface area contributed by atoms with Gasteiger partial charge in [0, 0.05) is 22.4 Å². The summed E-state index contributed by atoms with van der Waals surface area (Å²) in [6.07, 6.45) is 2.89. The molecule has 0 fully saturated rings. The molecule has 0 aliphatic rings. The molecular weight excluding hydrogens is 329 g/mol. The van der Waals surface area contributed by atoms with Gasteiger partial charge in [-0.05, 0) is 12.1 Å². The summed E-state index contributed by atoms with van der Waals surface area (Å²) < 4.78 is 31.9. The van der Waals surface area contributed by atoms with Gasteiger partial charge < -0.3 is 4.74 Å². The lowest BCUT2D eigenvalue weighted by Gasteiger charge is -2.06. The van der Waals surface area contributed by atoms with Crippen molar-refractivity contribution in [3.8, 4) is 11.8 Å². The summed E-state index contributed by atoms with van der Waals surface area (Å²) in [5.41, 5.74) is 0.699. The molecule has 0 amide bonds. The molecule has 0 saturated heterocycles. The first-order valence-electron chi connectivity index (χ1n) is 4.79. The SMILES string of the molecule is Fc1cc(Br)cc(Oc2ncc(CCl)cn2)c1F. The third-order valence-electron chi connectivity index (χ3n) is 2.00. The molecule has 0 bridgehead atoms. The Morgan fingerprint density at radius 3 is 2.50 bits per heavy atom.